The number of aliphatic hydroxyl groups excluding tert-OH is 1. The van der Waals surface area contributed by atoms with E-state index in [1.807, 2.05) is 25.1 Å². The van der Waals surface area contributed by atoms with Gasteiger partial charge in [0.15, 0.2) is 0 Å². The lowest BCUT2D eigenvalue weighted by atomic mass is 9.95. The molecule has 0 saturated carbocycles. The van der Waals surface area contributed by atoms with Gasteiger partial charge in [0, 0.05) is 0 Å². The van der Waals surface area contributed by atoms with Gasteiger partial charge in [-0.2, -0.15) is 0 Å². The van der Waals surface area contributed by atoms with Gasteiger partial charge in [-0.25, -0.2) is 0 Å². The second-order valence-electron chi connectivity index (χ2n) is 3.47. The molecule has 15 heavy (non-hydrogen) atoms. The molecular weight excluding hydrogens is 256 g/mol. The van der Waals surface area contributed by atoms with Crippen molar-refractivity contribution in [2.24, 2.45) is 0 Å². The molecule has 0 bridgehead atoms. The SMILES string of the molecule is CCc1cccc(CO)c1C(Br)C(C)=O. The van der Waals surface area contributed by atoms with Crippen molar-refractivity contribution >= 4 is 21.7 Å². The second-order valence-corrected chi connectivity index (χ2v) is 4.39. The van der Waals surface area contributed by atoms with Gasteiger partial charge in [0.1, 0.15) is 5.78 Å². The first-order valence-corrected chi connectivity index (χ1v) is 5.89. The lowest BCUT2D eigenvalue weighted by molar-refractivity contribution is -0.116. The third-order valence-corrected chi connectivity index (χ3v) is 3.55. The zero-order valence-electron chi connectivity index (χ0n) is 8.96. The second kappa shape index (κ2) is 5.42. The Morgan fingerprint density at radius 1 is 1.47 bits per heavy atom. The van der Waals surface area contributed by atoms with E-state index in [9.17, 15) is 9.90 Å². The molecule has 0 saturated heterocycles. The average molecular weight is 271 g/mol. The summed E-state index contributed by atoms with van der Waals surface area (Å²) in [6, 6.07) is 5.76. The molecule has 82 valence electrons. The Bertz CT molecular complexity index is 338. The van der Waals surface area contributed by atoms with Crippen LogP contribution in [0.2, 0.25) is 0 Å². The van der Waals surface area contributed by atoms with E-state index in [1.165, 1.54) is 0 Å². The van der Waals surface area contributed by atoms with Crippen LogP contribution in [-0.2, 0) is 17.8 Å². The first-order valence-electron chi connectivity index (χ1n) is 4.97. The van der Waals surface area contributed by atoms with Gasteiger partial charge in [0.25, 0.3) is 0 Å². The summed E-state index contributed by atoms with van der Waals surface area (Å²) in [7, 11) is 0. The fraction of sp³-hybridized carbons (Fsp3) is 0.417. The third kappa shape index (κ3) is 2.67. The molecule has 1 atom stereocenters. The fourth-order valence-corrected chi connectivity index (χ4v) is 2.23. The zero-order valence-corrected chi connectivity index (χ0v) is 10.5. The molecule has 0 aliphatic rings. The van der Waals surface area contributed by atoms with Crippen LogP contribution in [0.15, 0.2) is 18.2 Å². The molecule has 1 aromatic carbocycles. The molecule has 0 radical (unpaired) electrons. The maximum Gasteiger partial charge on any atom is 0.147 e. The molecule has 3 heteroatoms. The first kappa shape index (κ1) is 12.4. The summed E-state index contributed by atoms with van der Waals surface area (Å²) in [5.74, 6) is 0.0607. The largest absolute Gasteiger partial charge is 0.392 e. The van der Waals surface area contributed by atoms with E-state index in [0.717, 1.165) is 23.1 Å². The van der Waals surface area contributed by atoms with Crippen molar-refractivity contribution in [1.82, 2.24) is 0 Å². The summed E-state index contributed by atoms with van der Waals surface area (Å²) in [5.41, 5.74) is 2.86. The monoisotopic (exact) mass is 270 g/mol. The van der Waals surface area contributed by atoms with Gasteiger partial charge >= 0.3 is 0 Å². The van der Waals surface area contributed by atoms with Crippen LogP contribution >= 0.6 is 15.9 Å². The number of aryl methyl sites for hydroxylation is 1. The lowest BCUT2D eigenvalue weighted by Gasteiger charge is -2.15. The minimum absolute atomic E-state index is 0.0292. The summed E-state index contributed by atoms with van der Waals surface area (Å²) in [6.07, 6.45) is 0.860. The Morgan fingerprint density at radius 2 is 2.07 bits per heavy atom. The predicted octanol–water partition coefficient (Wildman–Crippen LogP) is 2.77. The Hall–Kier alpha value is -0.670. The maximum absolute atomic E-state index is 11.4. The van der Waals surface area contributed by atoms with Crippen molar-refractivity contribution in [3.05, 3.63) is 34.9 Å². The third-order valence-electron chi connectivity index (χ3n) is 2.45. The summed E-state index contributed by atoms with van der Waals surface area (Å²) >= 11 is 3.37. The summed E-state index contributed by atoms with van der Waals surface area (Å²) in [5, 5.41) is 9.24. The Morgan fingerprint density at radius 3 is 2.53 bits per heavy atom. The van der Waals surface area contributed by atoms with E-state index in [0.29, 0.717) is 0 Å². The van der Waals surface area contributed by atoms with Crippen LogP contribution in [0, 0.1) is 0 Å². The number of rotatable bonds is 4. The highest BCUT2D eigenvalue weighted by atomic mass is 79.9. The van der Waals surface area contributed by atoms with E-state index in [2.05, 4.69) is 15.9 Å². The molecule has 0 spiro atoms. The topological polar surface area (TPSA) is 37.3 Å². The molecule has 1 N–H and O–H groups in total. The van der Waals surface area contributed by atoms with E-state index in [-0.39, 0.29) is 17.2 Å². The highest BCUT2D eigenvalue weighted by molar-refractivity contribution is 9.09. The Labute approximate surface area is 98.4 Å². The van der Waals surface area contributed by atoms with Crippen molar-refractivity contribution in [2.45, 2.75) is 31.7 Å². The number of carbonyl (C=O) groups excluding carboxylic acids is 1. The van der Waals surface area contributed by atoms with Crippen LogP contribution in [0.3, 0.4) is 0 Å². The van der Waals surface area contributed by atoms with E-state index < -0.39 is 0 Å². The van der Waals surface area contributed by atoms with Gasteiger partial charge < -0.3 is 5.11 Å². The maximum atomic E-state index is 11.4. The first-order chi connectivity index (χ1) is 7.11. The van der Waals surface area contributed by atoms with Gasteiger partial charge in [-0.15, -0.1) is 0 Å². The summed E-state index contributed by atoms with van der Waals surface area (Å²) < 4.78 is 0. The molecule has 0 heterocycles. The molecule has 1 rings (SSSR count). The van der Waals surface area contributed by atoms with Gasteiger partial charge in [0.2, 0.25) is 0 Å². The number of hydrogen-bond acceptors (Lipinski definition) is 2. The van der Waals surface area contributed by atoms with Crippen molar-refractivity contribution in [3.8, 4) is 0 Å². The molecule has 1 aromatic rings. The number of ketones is 1. The highest BCUT2D eigenvalue weighted by Crippen LogP contribution is 2.30. The number of aliphatic hydroxyl groups is 1. The molecule has 0 aliphatic heterocycles. The van der Waals surface area contributed by atoms with Gasteiger partial charge in [0.05, 0.1) is 11.4 Å². The van der Waals surface area contributed by atoms with Crippen LogP contribution in [0.5, 0.6) is 0 Å². The standard InChI is InChI=1S/C12H15BrO2/c1-3-9-5-4-6-10(7-14)11(9)12(13)8(2)15/h4-6,12,14H,3,7H2,1-2H3. The smallest absolute Gasteiger partial charge is 0.147 e. The van der Waals surface area contributed by atoms with Crippen molar-refractivity contribution in [2.75, 3.05) is 0 Å². The fourth-order valence-electron chi connectivity index (χ4n) is 1.64. The quantitative estimate of drug-likeness (QED) is 0.855. The van der Waals surface area contributed by atoms with Crippen molar-refractivity contribution < 1.29 is 9.90 Å². The van der Waals surface area contributed by atoms with E-state index >= 15 is 0 Å². The normalized spacial score (nSPS) is 12.5. The molecule has 0 amide bonds. The number of carbonyl (C=O) groups is 1. The predicted molar refractivity (Wildman–Crippen MR) is 64.1 cm³/mol. The molecular formula is C12H15BrO2. The Kier molecular flexibility index (Phi) is 4.48. The van der Waals surface area contributed by atoms with E-state index in [4.69, 9.17) is 0 Å². The average Bonchev–Trinajstić information content (AvgIpc) is 2.26. The number of halogens is 1. The molecule has 1 unspecified atom stereocenters. The summed E-state index contributed by atoms with van der Waals surface area (Å²) in [6.45, 7) is 3.56. The minimum Gasteiger partial charge on any atom is -0.392 e. The van der Waals surface area contributed by atoms with E-state index in [1.54, 1.807) is 6.92 Å². The number of alkyl halides is 1. The van der Waals surface area contributed by atoms with Crippen molar-refractivity contribution in [1.29, 1.82) is 0 Å². The highest BCUT2D eigenvalue weighted by Gasteiger charge is 2.18. The van der Waals surface area contributed by atoms with Gasteiger partial charge in [-0.3, -0.25) is 4.79 Å². The number of hydrogen-bond donors (Lipinski definition) is 1. The molecule has 0 aromatic heterocycles. The van der Waals surface area contributed by atoms with Crippen LogP contribution in [0.4, 0.5) is 0 Å². The van der Waals surface area contributed by atoms with Crippen molar-refractivity contribution in [3.63, 3.8) is 0 Å². The Balaban J connectivity index is 3.27. The lowest BCUT2D eigenvalue weighted by Crippen LogP contribution is -2.08. The minimum atomic E-state index is -0.309. The number of benzene rings is 1. The molecule has 0 fully saturated rings. The van der Waals surface area contributed by atoms with Crippen LogP contribution in [-0.4, -0.2) is 10.9 Å². The molecule has 2 nitrogen and oxygen atoms in total. The number of Topliss-reactive ketones (excluding diaryl/α,β-unsaturated/α-hetero) is 1. The van der Waals surface area contributed by atoms with Crippen LogP contribution < -0.4 is 0 Å². The zero-order chi connectivity index (χ0) is 11.4. The van der Waals surface area contributed by atoms with Crippen LogP contribution in [0.25, 0.3) is 0 Å². The van der Waals surface area contributed by atoms with Gasteiger partial charge in [-0.05, 0) is 30.0 Å². The molecule has 0 aliphatic carbocycles. The van der Waals surface area contributed by atoms with Gasteiger partial charge in [-0.1, -0.05) is 41.1 Å². The van der Waals surface area contributed by atoms with Crippen LogP contribution in [0.1, 0.15) is 35.4 Å². The summed E-state index contributed by atoms with van der Waals surface area (Å²) in [4.78, 5) is 11.0.